The number of hydrogen-bond donors (Lipinski definition) is 1. The summed E-state index contributed by atoms with van der Waals surface area (Å²) in [6.07, 6.45) is 17.8. The van der Waals surface area contributed by atoms with E-state index in [2.05, 4.69) is 27.0 Å². The van der Waals surface area contributed by atoms with Crippen LogP contribution in [-0.4, -0.2) is 23.7 Å². The van der Waals surface area contributed by atoms with Crippen LogP contribution >= 0.6 is 0 Å². The number of ether oxygens (including phenoxy) is 2. The van der Waals surface area contributed by atoms with Crippen molar-refractivity contribution < 1.29 is 24.2 Å². The molecule has 0 radical (unpaired) electrons. The summed E-state index contributed by atoms with van der Waals surface area (Å²) in [5.74, 6) is -0.0347. The molecule has 0 saturated carbocycles. The summed E-state index contributed by atoms with van der Waals surface area (Å²) >= 11 is 0. The van der Waals surface area contributed by atoms with Gasteiger partial charge < -0.3 is 14.6 Å². The summed E-state index contributed by atoms with van der Waals surface area (Å²) in [6.45, 7) is 20.9. The van der Waals surface area contributed by atoms with Crippen LogP contribution in [0.5, 0.6) is 0 Å². The van der Waals surface area contributed by atoms with E-state index in [0.717, 1.165) is 17.6 Å². The highest BCUT2D eigenvalue weighted by molar-refractivity contribution is 5.91. The van der Waals surface area contributed by atoms with Crippen LogP contribution in [0.15, 0.2) is 107 Å². The Morgan fingerprint density at radius 3 is 2.24 bits per heavy atom. The average Bonchev–Trinajstić information content (AvgIpc) is 2.84. The predicted molar refractivity (Wildman–Crippen MR) is 153 cm³/mol. The zero-order chi connectivity index (χ0) is 28.4. The van der Waals surface area contributed by atoms with Crippen LogP contribution < -0.4 is 0 Å². The Morgan fingerprint density at radius 1 is 1.03 bits per heavy atom. The van der Waals surface area contributed by atoms with Crippen LogP contribution in [0.25, 0.3) is 0 Å². The third-order valence-electron chi connectivity index (χ3n) is 5.04. The van der Waals surface area contributed by atoms with E-state index in [1.54, 1.807) is 32.1 Å². The molecule has 1 N–H and O–H groups in total. The minimum absolute atomic E-state index is 0.0493. The van der Waals surface area contributed by atoms with Gasteiger partial charge in [-0.2, -0.15) is 0 Å². The van der Waals surface area contributed by atoms with Crippen molar-refractivity contribution >= 4 is 11.9 Å². The zero-order valence-corrected chi connectivity index (χ0v) is 23.6. The van der Waals surface area contributed by atoms with Crippen molar-refractivity contribution in [2.24, 2.45) is 5.92 Å². The Hall–Kier alpha value is -3.44. The van der Waals surface area contributed by atoms with Crippen LogP contribution in [0.4, 0.5) is 0 Å². The fraction of sp³-hybridized carbons (Fsp3) is 0.375. The van der Waals surface area contributed by atoms with Gasteiger partial charge in [0.2, 0.25) is 0 Å². The van der Waals surface area contributed by atoms with Gasteiger partial charge in [-0.05, 0) is 82.2 Å². The summed E-state index contributed by atoms with van der Waals surface area (Å²) < 4.78 is 11.0. The molecular formula is C32H44O5. The number of carbonyl (C=O) groups excluding carboxylic acids is 2. The average molecular weight is 509 g/mol. The highest BCUT2D eigenvalue weighted by Gasteiger charge is 2.14. The van der Waals surface area contributed by atoms with Gasteiger partial charge in [0, 0.05) is 12.2 Å². The van der Waals surface area contributed by atoms with Gasteiger partial charge in [-0.25, -0.2) is 9.59 Å². The maximum atomic E-state index is 12.6. The maximum absolute atomic E-state index is 12.6. The SMILES string of the molecule is C=C/C(=C\C(C)=C(/C)OC(=O)/C(=C/CC)CC(C)C)OC(=O)C(=C)\C=C/C(C)=C/C(=C\C=C\C)CCO. The topological polar surface area (TPSA) is 72.8 Å². The van der Waals surface area contributed by atoms with Gasteiger partial charge >= 0.3 is 11.9 Å². The molecule has 0 heterocycles. The maximum Gasteiger partial charge on any atom is 0.342 e. The Bertz CT molecular complexity index is 1020. The lowest BCUT2D eigenvalue weighted by molar-refractivity contribution is -0.136. The van der Waals surface area contributed by atoms with Crippen LogP contribution in [0.2, 0.25) is 0 Å². The van der Waals surface area contributed by atoms with Crippen LogP contribution in [0.3, 0.4) is 0 Å². The van der Waals surface area contributed by atoms with E-state index in [-0.39, 0.29) is 23.9 Å². The molecule has 0 amide bonds. The van der Waals surface area contributed by atoms with Crippen molar-refractivity contribution in [2.75, 3.05) is 6.61 Å². The quantitative estimate of drug-likeness (QED) is 0.106. The number of rotatable bonds is 15. The molecule has 0 unspecified atom stereocenters. The molecule has 0 fully saturated rings. The smallest absolute Gasteiger partial charge is 0.342 e. The lowest BCUT2D eigenvalue weighted by atomic mass is 10.0. The highest BCUT2D eigenvalue weighted by atomic mass is 16.5. The summed E-state index contributed by atoms with van der Waals surface area (Å²) in [7, 11) is 0. The molecule has 0 aromatic heterocycles. The predicted octanol–water partition coefficient (Wildman–Crippen LogP) is 7.76. The van der Waals surface area contributed by atoms with Crippen LogP contribution in [-0.2, 0) is 19.1 Å². The minimum Gasteiger partial charge on any atom is -0.428 e. The first-order chi connectivity index (χ1) is 17.5. The zero-order valence-electron chi connectivity index (χ0n) is 23.6. The van der Waals surface area contributed by atoms with Crippen molar-refractivity contribution in [1.29, 1.82) is 0 Å². The fourth-order valence-electron chi connectivity index (χ4n) is 3.03. The third kappa shape index (κ3) is 14.6. The Labute approximate surface area is 223 Å². The van der Waals surface area contributed by atoms with Gasteiger partial charge in [-0.1, -0.05) is 76.0 Å². The first-order valence-electron chi connectivity index (χ1n) is 12.6. The van der Waals surface area contributed by atoms with E-state index in [1.165, 1.54) is 6.08 Å². The Morgan fingerprint density at radius 2 is 1.70 bits per heavy atom. The largest absolute Gasteiger partial charge is 0.428 e. The van der Waals surface area contributed by atoms with Gasteiger partial charge in [0.1, 0.15) is 11.5 Å². The lowest BCUT2D eigenvalue weighted by Crippen LogP contribution is -2.10. The Balaban J connectivity index is 5.46. The van der Waals surface area contributed by atoms with E-state index < -0.39 is 5.97 Å². The summed E-state index contributed by atoms with van der Waals surface area (Å²) in [4.78, 5) is 25.1. The number of carbonyl (C=O) groups is 2. The molecule has 0 aliphatic rings. The second-order valence-electron chi connectivity index (χ2n) is 8.99. The number of allylic oxidation sites excluding steroid dienone is 11. The fourth-order valence-corrected chi connectivity index (χ4v) is 3.03. The highest BCUT2D eigenvalue weighted by Crippen LogP contribution is 2.18. The van der Waals surface area contributed by atoms with E-state index in [4.69, 9.17) is 9.47 Å². The first-order valence-corrected chi connectivity index (χ1v) is 12.6. The number of esters is 2. The standard InChI is InChI=1S/C32H44O5/c1-10-13-15-28(18-19-33)21-24(6)16-17-25(7)31(34)37-30(12-3)22-26(8)27(9)36-32(35)29(14-11-2)20-23(4)5/h10,12-17,21-23,33H,3,7,11,18-20H2,1-2,4-6,8-9H3/b13-10+,17-16-,24-21+,27-26+,28-15-,29-14+,30-22+. The summed E-state index contributed by atoms with van der Waals surface area (Å²) in [5, 5.41) is 9.23. The van der Waals surface area contributed by atoms with E-state index in [9.17, 15) is 14.7 Å². The van der Waals surface area contributed by atoms with Crippen LogP contribution in [0.1, 0.15) is 67.7 Å². The van der Waals surface area contributed by atoms with Crippen molar-refractivity contribution in [1.82, 2.24) is 0 Å². The number of hydrogen-bond acceptors (Lipinski definition) is 5. The molecule has 0 aromatic carbocycles. The van der Waals surface area contributed by atoms with Gasteiger partial charge in [0.15, 0.2) is 0 Å². The molecule has 5 heteroatoms. The first kappa shape index (κ1) is 33.6. The molecular weight excluding hydrogens is 464 g/mol. The lowest BCUT2D eigenvalue weighted by Gasteiger charge is -2.12. The molecule has 0 atom stereocenters. The summed E-state index contributed by atoms with van der Waals surface area (Å²) in [5.41, 5.74) is 3.29. The van der Waals surface area contributed by atoms with Crippen LogP contribution in [0, 0.1) is 5.92 Å². The van der Waals surface area contributed by atoms with Gasteiger partial charge in [0.25, 0.3) is 0 Å². The normalized spacial score (nSPS) is 14.3. The third-order valence-corrected chi connectivity index (χ3v) is 5.04. The molecule has 0 aromatic rings. The molecule has 37 heavy (non-hydrogen) atoms. The second kappa shape index (κ2) is 18.8. The minimum atomic E-state index is -0.622. The van der Waals surface area contributed by atoms with E-state index in [1.807, 2.05) is 51.2 Å². The Kier molecular flexibility index (Phi) is 17.0. The summed E-state index contributed by atoms with van der Waals surface area (Å²) in [6, 6.07) is 0. The molecule has 0 saturated heterocycles. The van der Waals surface area contributed by atoms with Crippen molar-refractivity contribution in [3.05, 3.63) is 107 Å². The molecule has 0 bridgehead atoms. The molecule has 5 nitrogen and oxygen atoms in total. The van der Waals surface area contributed by atoms with Gasteiger partial charge in [-0.3, -0.25) is 0 Å². The van der Waals surface area contributed by atoms with Crippen molar-refractivity contribution in [3.8, 4) is 0 Å². The second-order valence-corrected chi connectivity index (χ2v) is 8.99. The molecule has 0 spiro atoms. The van der Waals surface area contributed by atoms with Gasteiger partial charge in [0.05, 0.1) is 5.57 Å². The molecule has 0 aliphatic heterocycles. The van der Waals surface area contributed by atoms with Crippen molar-refractivity contribution in [2.45, 2.75) is 67.7 Å². The van der Waals surface area contributed by atoms with E-state index >= 15 is 0 Å². The van der Waals surface area contributed by atoms with Gasteiger partial charge in [-0.15, -0.1) is 0 Å². The van der Waals surface area contributed by atoms with Crippen molar-refractivity contribution in [3.63, 3.8) is 0 Å². The van der Waals surface area contributed by atoms with E-state index in [0.29, 0.717) is 35.7 Å². The molecule has 202 valence electrons. The molecule has 0 rings (SSSR count). The number of aliphatic hydroxyl groups is 1. The monoisotopic (exact) mass is 508 g/mol. The number of aliphatic hydroxyl groups excluding tert-OH is 1. The molecule has 0 aliphatic carbocycles.